The summed E-state index contributed by atoms with van der Waals surface area (Å²) in [5.41, 5.74) is 1.61. The molecule has 1 N–H and O–H groups in total. The Labute approximate surface area is 112 Å². The highest BCUT2D eigenvalue weighted by Gasteiger charge is 2.11. The summed E-state index contributed by atoms with van der Waals surface area (Å²) < 4.78 is 18.8. The van der Waals surface area contributed by atoms with Gasteiger partial charge in [-0.3, -0.25) is 0 Å². The van der Waals surface area contributed by atoms with E-state index in [1.807, 2.05) is 25.1 Å². The van der Waals surface area contributed by atoms with Crippen molar-refractivity contribution in [1.82, 2.24) is 10.3 Å². The Kier molecular flexibility index (Phi) is 4.47. The van der Waals surface area contributed by atoms with Crippen LogP contribution in [0.5, 0.6) is 5.88 Å². The molecule has 3 nitrogen and oxygen atoms in total. The van der Waals surface area contributed by atoms with Gasteiger partial charge in [-0.2, -0.15) is 0 Å². The summed E-state index contributed by atoms with van der Waals surface area (Å²) in [7, 11) is 1.59. The predicted octanol–water partition coefficient (Wildman–Crippen LogP) is 3.08. The van der Waals surface area contributed by atoms with Gasteiger partial charge >= 0.3 is 0 Å². The summed E-state index contributed by atoms with van der Waals surface area (Å²) in [6.45, 7) is 2.51. The van der Waals surface area contributed by atoms with E-state index in [0.717, 1.165) is 5.56 Å². The number of hydrogen-bond donors (Lipinski definition) is 1. The van der Waals surface area contributed by atoms with Crippen LogP contribution in [0.2, 0.25) is 0 Å². The van der Waals surface area contributed by atoms with Gasteiger partial charge in [-0.05, 0) is 19.1 Å². The van der Waals surface area contributed by atoms with Crippen LogP contribution in [0.25, 0.3) is 0 Å². The Morgan fingerprint density at radius 2 is 2.05 bits per heavy atom. The highest BCUT2D eigenvalue weighted by Crippen LogP contribution is 2.18. The van der Waals surface area contributed by atoms with Gasteiger partial charge in [-0.1, -0.05) is 24.3 Å². The zero-order valence-corrected chi connectivity index (χ0v) is 11.1. The maximum absolute atomic E-state index is 13.6. The molecule has 2 aromatic rings. The molecule has 1 aromatic heterocycles. The number of halogens is 1. The van der Waals surface area contributed by atoms with Crippen molar-refractivity contribution in [3.8, 4) is 5.88 Å². The van der Waals surface area contributed by atoms with Crippen LogP contribution in [0.15, 0.2) is 42.6 Å². The minimum Gasteiger partial charge on any atom is -0.481 e. The molecular formula is C15H17FN2O. The van der Waals surface area contributed by atoms with Gasteiger partial charge in [0.2, 0.25) is 5.88 Å². The predicted molar refractivity (Wildman–Crippen MR) is 72.4 cm³/mol. The molecule has 0 aliphatic heterocycles. The number of pyridine rings is 1. The average Bonchev–Trinajstić information content (AvgIpc) is 2.45. The molecule has 0 amide bonds. The molecule has 0 radical (unpaired) electrons. The quantitative estimate of drug-likeness (QED) is 0.897. The number of aromatic nitrogens is 1. The number of nitrogens with zero attached hydrogens (tertiary/aromatic N) is 1. The number of rotatable bonds is 5. The van der Waals surface area contributed by atoms with E-state index in [1.54, 1.807) is 25.4 Å². The van der Waals surface area contributed by atoms with E-state index in [4.69, 9.17) is 4.74 Å². The van der Waals surface area contributed by atoms with Crippen LogP contribution in [0, 0.1) is 5.82 Å². The second-order valence-corrected chi connectivity index (χ2v) is 4.30. The lowest BCUT2D eigenvalue weighted by Gasteiger charge is -2.15. The molecule has 1 atom stereocenters. The number of methoxy groups -OCH3 is 1. The first-order valence-corrected chi connectivity index (χ1v) is 6.18. The Hall–Kier alpha value is -1.94. The maximum atomic E-state index is 13.6. The molecule has 0 fully saturated rings. The summed E-state index contributed by atoms with van der Waals surface area (Å²) >= 11 is 0. The van der Waals surface area contributed by atoms with Crippen molar-refractivity contribution in [1.29, 1.82) is 0 Å². The SMILES string of the molecule is COc1ncccc1CN[C@H](C)c1ccccc1F. The Balaban J connectivity index is 2.04. The fourth-order valence-corrected chi connectivity index (χ4v) is 1.94. The van der Waals surface area contributed by atoms with Gasteiger partial charge in [0.15, 0.2) is 0 Å². The monoisotopic (exact) mass is 260 g/mol. The van der Waals surface area contributed by atoms with E-state index < -0.39 is 0 Å². The van der Waals surface area contributed by atoms with E-state index in [0.29, 0.717) is 18.0 Å². The third kappa shape index (κ3) is 3.29. The fourth-order valence-electron chi connectivity index (χ4n) is 1.94. The normalized spacial score (nSPS) is 12.2. The summed E-state index contributed by atoms with van der Waals surface area (Å²) in [5, 5.41) is 3.27. The van der Waals surface area contributed by atoms with Gasteiger partial charge in [0.05, 0.1) is 7.11 Å². The van der Waals surface area contributed by atoms with E-state index in [9.17, 15) is 4.39 Å². The fraction of sp³-hybridized carbons (Fsp3) is 0.267. The van der Waals surface area contributed by atoms with Crippen molar-refractivity contribution in [3.05, 3.63) is 59.5 Å². The van der Waals surface area contributed by atoms with Crippen LogP contribution < -0.4 is 10.1 Å². The lowest BCUT2D eigenvalue weighted by atomic mass is 10.1. The molecule has 4 heteroatoms. The maximum Gasteiger partial charge on any atom is 0.217 e. The second-order valence-electron chi connectivity index (χ2n) is 4.30. The Morgan fingerprint density at radius 1 is 1.26 bits per heavy atom. The molecule has 19 heavy (non-hydrogen) atoms. The van der Waals surface area contributed by atoms with Gasteiger partial charge in [-0.25, -0.2) is 9.37 Å². The third-order valence-electron chi connectivity index (χ3n) is 3.01. The topological polar surface area (TPSA) is 34.1 Å². The molecule has 100 valence electrons. The molecule has 1 aromatic carbocycles. The number of benzene rings is 1. The molecule has 0 aliphatic rings. The molecule has 0 spiro atoms. The number of nitrogens with one attached hydrogen (secondary N) is 1. The average molecular weight is 260 g/mol. The van der Waals surface area contributed by atoms with Crippen LogP contribution in [0.3, 0.4) is 0 Å². The van der Waals surface area contributed by atoms with E-state index in [1.165, 1.54) is 6.07 Å². The Morgan fingerprint density at radius 3 is 2.79 bits per heavy atom. The molecule has 1 heterocycles. The van der Waals surface area contributed by atoms with Crippen LogP contribution in [-0.2, 0) is 6.54 Å². The van der Waals surface area contributed by atoms with Crippen molar-refractivity contribution in [2.24, 2.45) is 0 Å². The van der Waals surface area contributed by atoms with Crippen LogP contribution >= 0.6 is 0 Å². The molecule has 0 saturated carbocycles. The molecule has 0 aliphatic carbocycles. The van der Waals surface area contributed by atoms with Crippen molar-refractivity contribution in [2.75, 3.05) is 7.11 Å². The van der Waals surface area contributed by atoms with Crippen LogP contribution in [-0.4, -0.2) is 12.1 Å². The Bertz CT molecular complexity index is 545. The van der Waals surface area contributed by atoms with Crippen molar-refractivity contribution in [3.63, 3.8) is 0 Å². The third-order valence-corrected chi connectivity index (χ3v) is 3.01. The highest BCUT2D eigenvalue weighted by atomic mass is 19.1. The first kappa shape index (κ1) is 13.5. The van der Waals surface area contributed by atoms with Crippen LogP contribution in [0.4, 0.5) is 4.39 Å². The van der Waals surface area contributed by atoms with Gasteiger partial charge in [-0.15, -0.1) is 0 Å². The van der Waals surface area contributed by atoms with Gasteiger partial charge in [0.1, 0.15) is 5.82 Å². The first-order chi connectivity index (χ1) is 9.22. The zero-order chi connectivity index (χ0) is 13.7. The van der Waals surface area contributed by atoms with Crippen molar-refractivity contribution >= 4 is 0 Å². The minimum atomic E-state index is -0.194. The van der Waals surface area contributed by atoms with E-state index >= 15 is 0 Å². The molecule has 0 saturated heterocycles. The van der Waals surface area contributed by atoms with E-state index in [2.05, 4.69) is 10.3 Å². The first-order valence-electron chi connectivity index (χ1n) is 6.18. The summed E-state index contributed by atoms with van der Waals surface area (Å²) in [4.78, 5) is 4.13. The summed E-state index contributed by atoms with van der Waals surface area (Å²) in [6, 6.07) is 10.5. The lowest BCUT2D eigenvalue weighted by Crippen LogP contribution is -2.19. The van der Waals surface area contributed by atoms with Gasteiger partial charge in [0.25, 0.3) is 0 Å². The zero-order valence-electron chi connectivity index (χ0n) is 11.1. The minimum absolute atomic E-state index is 0.0777. The molecule has 0 unspecified atom stereocenters. The second kappa shape index (κ2) is 6.29. The summed E-state index contributed by atoms with van der Waals surface area (Å²) in [5.74, 6) is 0.399. The van der Waals surface area contributed by atoms with Crippen molar-refractivity contribution in [2.45, 2.75) is 19.5 Å². The molecular weight excluding hydrogens is 243 g/mol. The summed E-state index contributed by atoms with van der Waals surface area (Å²) in [6.07, 6.45) is 1.68. The van der Waals surface area contributed by atoms with Gasteiger partial charge in [0, 0.05) is 29.9 Å². The number of ether oxygens (including phenoxy) is 1. The van der Waals surface area contributed by atoms with Crippen molar-refractivity contribution < 1.29 is 9.13 Å². The van der Waals surface area contributed by atoms with E-state index in [-0.39, 0.29) is 11.9 Å². The van der Waals surface area contributed by atoms with Crippen LogP contribution in [0.1, 0.15) is 24.1 Å². The lowest BCUT2D eigenvalue weighted by molar-refractivity contribution is 0.389. The van der Waals surface area contributed by atoms with Gasteiger partial charge < -0.3 is 10.1 Å². The highest BCUT2D eigenvalue weighted by molar-refractivity contribution is 5.26. The standard InChI is InChI=1S/C15H17FN2O/c1-11(13-7-3-4-8-14(13)16)18-10-12-6-5-9-17-15(12)19-2/h3-9,11,18H,10H2,1-2H3/t11-/m1/s1. The number of hydrogen-bond acceptors (Lipinski definition) is 3. The molecule has 0 bridgehead atoms. The smallest absolute Gasteiger partial charge is 0.217 e. The molecule has 2 rings (SSSR count). The largest absolute Gasteiger partial charge is 0.481 e.